The van der Waals surface area contributed by atoms with Gasteiger partial charge in [0.2, 0.25) is 5.91 Å². The Morgan fingerprint density at radius 3 is 2.80 bits per heavy atom. The van der Waals surface area contributed by atoms with Gasteiger partial charge < -0.3 is 19.7 Å². The molecule has 3 rings (SSSR count). The van der Waals surface area contributed by atoms with E-state index in [1.54, 1.807) is 41.3 Å². The van der Waals surface area contributed by atoms with Gasteiger partial charge in [-0.2, -0.15) is 0 Å². The Bertz CT molecular complexity index is 920. The van der Waals surface area contributed by atoms with Crippen molar-refractivity contribution in [3.63, 3.8) is 0 Å². The van der Waals surface area contributed by atoms with E-state index in [4.69, 9.17) is 32.7 Å². The van der Waals surface area contributed by atoms with Gasteiger partial charge in [-0.1, -0.05) is 36.5 Å². The molecule has 2 aromatic carbocycles. The van der Waals surface area contributed by atoms with E-state index in [9.17, 15) is 9.59 Å². The van der Waals surface area contributed by atoms with Crippen LogP contribution in [0, 0.1) is 0 Å². The number of amides is 2. The maximum atomic E-state index is 12.3. The van der Waals surface area contributed by atoms with Crippen molar-refractivity contribution in [3.05, 3.63) is 46.4 Å². The van der Waals surface area contributed by atoms with E-state index in [1.165, 1.54) is 0 Å². The highest BCUT2D eigenvalue weighted by atomic mass is 35.5. The summed E-state index contributed by atoms with van der Waals surface area (Å²) in [6, 6.07) is 10.3. The highest BCUT2D eigenvalue weighted by Gasteiger charge is 2.25. The largest absolute Gasteiger partial charge is 0.492 e. The summed E-state index contributed by atoms with van der Waals surface area (Å²) in [5.41, 5.74) is 1.32. The molecule has 0 aliphatic carbocycles. The molecule has 1 N–H and O–H groups in total. The van der Waals surface area contributed by atoms with Gasteiger partial charge in [0.1, 0.15) is 11.5 Å². The molecule has 0 bridgehead atoms. The van der Waals surface area contributed by atoms with Crippen LogP contribution in [0.1, 0.15) is 32.6 Å². The lowest BCUT2D eigenvalue weighted by atomic mass is 10.2. The van der Waals surface area contributed by atoms with E-state index >= 15 is 0 Å². The van der Waals surface area contributed by atoms with E-state index in [1.807, 2.05) is 0 Å². The Balaban J connectivity index is 1.53. The zero-order valence-corrected chi connectivity index (χ0v) is 18.3. The fraction of sp³-hybridized carbons (Fsp3) is 0.364. The van der Waals surface area contributed by atoms with Gasteiger partial charge in [0, 0.05) is 23.7 Å². The summed E-state index contributed by atoms with van der Waals surface area (Å²) in [7, 11) is 0. The number of hydrogen-bond donors (Lipinski definition) is 1. The fourth-order valence-corrected chi connectivity index (χ4v) is 3.53. The second-order valence-corrected chi connectivity index (χ2v) is 7.79. The van der Waals surface area contributed by atoms with Crippen LogP contribution in [0.3, 0.4) is 0 Å². The van der Waals surface area contributed by atoms with Gasteiger partial charge in [-0.15, -0.1) is 0 Å². The first-order valence-electron chi connectivity index (χ1n) is 9.93. The quantitative estimate of drug-likeness (QED) is 0.525. The maximum Gasteiger partial charge on any atom is 0.265 e. The number of nitrogens with one attached hydrogen (secondary N) is 1. The van der Waals surface area contributed by atoms with Crippen molar-refractivity contribution in [2.24, 2.45) is 0 Å². The van der Waals surface area contributed by atoms with Crippen LogP contribution in [0.2, 0.25) is 10.0 Å². The first-order valence-corrected chi connectivity index (χ1v) is 10.7. The number of unbranched alkanes of at least 4 members (excludes halogenated alkanes) is 1. The molecule has 30 heavy (non-hydrogen) atoms. The third-order valence-corrected chi connectivity index (χ3v) is 5.15. The third kappa shape index (κ3) is 5.80. The van der Waals surface area contributed by atoms with Crippen molar-refractivity contribution >= 4 is 46.4 Å². The number of anilines is 2. The molecule has 0 radical (unpaired) electrons. The lowest BCUT2D eigenvalue weighted by Gasteiger charge is -2.29. The minimum absolute atomic E-state index is 0.0417. The summed E-state index contributed by atoms with van der Waals surface area (Å²) >= 11 is 11.9. The Morgan fingerprint density at radius 2 is 2.03 bits per heavy atom. The number of nitrogens with zero attached hydrogens (tertiary/aromatic N) is 1. The summed E-state index contributed by atoms with van der Waals surface area (Å²) in [4.78, 5) is 26.2. The van der Waals surface area contributed by atoms with E-state index in [-0.39, 0.29) is 24.8 Å². The second-order valence-electron chi connectivity index (χ2n) is 6.95. The molecular formula is C22H24Cl2N2O4. The number of benzene rings is 2. The van der Waals surface area contributed by atoms with Gasteiger partial charge in [0.15, 0.2) is 6.61 Å². The molecule has 0 saturated carbocycles. The first-order chi connectivity index (χ1) is 14.5. The lowest BCUT2D eigenvalue weighted by Crippen LogP contribution is -2.39. The molecule has 0 aromatic heterocycles. The van der Waals surface area contributed by atoms with Crippen LogP contribution in [0.15, 0.2) is 36.4 Å². The Morgan fingerprint density at radius 1 is 1.20 bits per heavy atom. The Labute approximate surface area is 186 Å². The van der Waals surface area contributed by atoms with Crippen molar-refractivity contribution in [2.45, 2.75) is 32.6 Å². The number of carbonyl (C=O) groups excluding carboxylic acids is 2. The zero-order chi connectivity index (χ0) is 21.5. The highest BCUT2D eigenvalue weighted by Crippen LogP contribution is 2.35. The normalized spacial score (nSPS) is 12.9. The van der Waals surface area contributed by atoms with Crippen molar-refractivity contribution in [3.8, 4) is 11.5 Å². The fourth-order valence-electron chi connectivity index (χ4n) is 3.07. The van der Waals surface area contributed by atoms with Crippen molar-refractivity contribution in [1.82, 2.24) is 0 Å². The predicted octanol–water partition coefficient (Wildman–Crippen LogP) is 5.32. The number of carbonyl (C=O) groups is 2. The minimum atomic E-state index is -0.135. The first kappa shape index (κ1) is 22.2. The monoisotopic (exact) mass is 450 g/mol. The molecule has 6 nitrogen and oxygen atoms in total. The molecule has 0 fully saturated rings. The summed E-state index contributed by atoms with van der Waals surface area (Å²) in [6.07, 6.45) is 2.70. The third-order valence-electron chi connectivity index (χ3n) is 4.62. The molecule has 0 spiro atoms. The van der Waals surface area contributed by atoms with Gasteiger partial charge in [-0.3, -0.25) is 9.59 Å². The van der Waals surface area contributed by atoms with Crippen LogP contribution in [-0.4, -0.2) is 31.6 Å². The van der Waals surface area contributed by atoms with Crippen molar-refractivity contribution in [1.29, 1.82) is 0 Å². The van der Waals surface area contributed by atoms with Crippen LogP contribution in [-0.2, 0) is 9.59 Å². The summed E-state index contributed by atoms with van der Waals surface area (Å²) in [5, 5.41) is 3.84. The van der Waals surface area contributed by atoms with Gasteiger partial charge >= 0.3 is 0 Å². The molecule has 0 saturated heterocycles. The molecule has 2 aromatic rings. The van der Waals surface area contributed by atoms with Gasteiger partial charge in [-0.05, 0) is 49.2 Å². The zero-order valence-electron chi connectivity index (χ0n) is 16.7. The van der Waals surface area contributed by atoms with E-state index in [2.05, 4.69) is 12.2 Å². The van der Waals surface area contributed by atoms with Crippen molar-refractivity contribution < 1.29 is 19.1 Å². The van der Waals surface area contributed by atoms with Crippen LogP contribution >= 0.6 is 23.2 Å². The highest BCUT2D eigenvalue weighted by molar-refractivity contribution is 6.35. The summed E-state index contributed by atoms with van der Waals surface area (Å²) in [5.74, 6) is 0.978. The smallest absolute Gasteiger partial charge is 0.265 e. The average Bonchev–Trinajstić information content (AvgIpc) is 2.72. The van der Waals surface area contributed by atoms with Gasteiger partial charge in [0.25, 0.3) is 5.91 Å². The van der Waals surface area contributed by atoms with Crippen LogP contribution in [0.5, 0.6) is 11.5 Å². The molecule has 1 heterocycles. The molecule has 0 atom stereocenters. The maximum absolute atomic E-state index is 12.3. The summed E-state index contributed by atoms with van der Waals surface area (Å²) < 4.78 is 11.1. The number of halogens is 2. The lowest BCUT2D eigenvalue weighted by molar-refractivity contribution is -0.121. The predicted molar refractivity (Wildman–Crippen MR) is 119 cm³/mol. The molecule has 0 unspecified atom stereocenters. The number of rotatable bonds is 9. The average molecular weight is 451 g/mol. The standard InChI is InChI=1S/C22H24Cl2N2O4/c1-2-3-10-26-18-13-16(7-9-20(18)30-14-22(26)28)25-21(27)5-4-11-29-19-8-6-15(23)12-17(19)24/h6-9,12-13H,2-5,10-11,14H2,1H3,(H,25,27). The second kappa shape index (κ2) is 10.5. The Hall–Kier alpha value is -2.44. The van der Waals surface area contributed by atoms with Gasteiger partial charge in [-0.25, -0.2) is 0 Å². The number of fused-ring (bicyclic) bond motifs is 1. The molecule has 1 aliphatic heterocycles. The SMILES string of the molecule is CCCCN1C(=O)COc2ccc(NC(=O)CCCOc3ccc(Cl)cc3Cl)cc21. The van der Waals surface area contributed by atoms with Crippen LogP contribution < -0.4 is 19.7 Å². The molecule has 2 amide bonds. The van der Waals surface area contributed by atoms with E-state index < -0.39 is 0 Å². The van der Waals surface area contributed by atoms with E-state index in [0.717, 1.165) is 12.8 Å². The molecule has 8 heteroatoms. The van der Waals surface area contributed by atoms with Crippen molar-refractivity contribution in [2.75, 3.05) is 30.0 Å². The molecule has 1 aliphatic rings. The minimum Gasteiger partial charge on any atom is -0.492 e. The topological polar surface area (TPSA) is 67.9 Å². The molecular weight excluding hydrogens is 427 g/mol. The Kier molecular flexibility index (Phi) is 7.82. The van der Waals surface area contributed by atoms with Crippen LogP contribution in [0.4, 0.5) is 11.4 Å². The van der Waals surface area contributed by atoms with Crippen LogP contribution in [0.25, 0.3) is 0 Å². The number of hydrogen-bond acceptors (Lipinski definition) is 4. The number of ether oxygens (including phenoxy) is 2. The van der Waals surface area contributed by atoms with E-state index in [0.29, 0.717) is 52.5 Å². The molecule has 160 valence electrons. The van der Waals surface area contributed by atoms with Gasteiger partial charge in [0.05, 0.1) is 17.3 Å². The summed E-state index contributed by atoms with van der Waals surface area (Å²) in [6.45, 7) is 3.10.